The van der Waals surface area contributed by atoms with Gasteiger partial charge >= 0.3 is 0 Å². The molecule has 5 heteroatoms. The van der Waals surface area contributed by atoms with Crippen LogP contribution in [0.4, 0.5) is 0 Å². The van der Waals surface area contributed by atoms with Crippen LogP contribution in [0.15, 0.2) is 17.3 Å². The van der Waals surface area contributed by atoms with Gasteiger partial charge in [-0.25, -0.2) is 9.97 Å². The van der Waals surface area contributed by atoms with Gasteiger partial charge in [-0.3, -0.25) is 4.79 Å². The smallest absolute Gasteiger partial charge is 0.254 e. The number of hydrogen-bond acceptors (Lipinski definition) is 3. The fourth-order valence-corrected chi connectivity index (χ4v) is 2.80. The number of H-pyrrole nitrogens is 1. The highest BCUT2D eigenvalue weighted by Gasteiger charge is 2.17. The maximum absolute atomic E-state index is 12.3. The standard InChI is InChI=1S/C15H20N4O/c1-10(2)19-9-16-8-13(19)14-17-12-7-5-3-4-6-11(12)15(20)18-14/h8-10H,3-7H2,1-2H3,(H,17,18,20). The van der Waals surface area contributed by atoms with Gasteiger partial charge in [0.2, 0.25) is 0 Å². The summed E-state index contributed by atoms with van der Waals surface area (Å²) >= 11 is 0. The number of rotatable bonds is 2. The lowest BCUT2D eigenvalue weighted by Gasteiger charge is -2.12. The van der Waals surface area contributed by atoms with Crippen LogP contribution in [0.2, 0.25) is 0 Å². The van der Waals surface area contributed by atoms with Crippen molar-refractivity contribution in [2.45, 2.75) is 52.0 Å². The first-order chi connectivity index (χ1) is 9.66. The summed E-state index contributed by atoms with van der Waals surface area (Å²) in [5.41, 5.74) is 2.74. The number of nitrogens with one attached hydrogen (secondary N) is 1. The third kappa shape index (κ3) is 2.28. The van der Waals surface area contributed by atoms with Gasteiger partial charge in [-0.1, -0.05) is 6.42 Å². The lowest BCUT2D eigenvalue weighted by molar-refractivity contribution is 0.602. The molecule has 0 fully saturated rings. The Balaban J connectivity index is 2.11. The van der Waals surface area contributed by atoms with Crippen molar-refractivity contribution in [1.82, 2.24) is 19.5 Å². The summed E-state index contributed by atoms with van der Waals surface area (Å²) < 4.78 is 2.03. The molecule has 2 aromatic heterocycles. The Kier molecular flexibility index (Phi) is 3.42. The molecule has 0 aliphatic heterocycles. The third-order valence-corrected chi connectivity index (χ3v) is 3.91. The minimum atomic E-state index is 0.0170. The second kappa shape index (κ2) is 5.23. The van der Waals surface area contributed by atoms with Crippen molar-refractivity contribution in [3.05, 3.63) is 34.1 Å². The number of aromatic nitrogens is 4. The van der Waals surface area contributed by atoms with E-state index in [0.717, 1.165) is 42.6 Å². The third-order valence-electron chi connectivity index (χ3n) is 3.91. The first kappa shape index (κ1) is 13.1. The van der Waals surface area contributed by atoms with Crippen molar-refractivity contribution < 1.29 is 0 Å². The molecule has 1 N–H and O–H groups in total. The molecule has 0 saturated carbocycles. The molecule has 0 bridgehead atoms. The van der Waals surface area contributed by atoms with Gasteiger partial charge in [0, 0.05) is 11.6 Å². The van der Waals surface area contributed by atoms with E-state index in [1.165, 1.54) is 6.42 Å². The van der Waals surface area contributed by atoms with Crippen molar-refractivity contribution >= 4 is 0 Å². The van der Waals surface area contributed by atoms with Gasteiger partial charge in [0.25, 0.3) is 5.56 Å². The lowest BCUT2D eigenvalue weighted by Crippen LogP contribution is -2.19. The summed E-state index contributed by atoms with van der Waals surface area (Å²) in [7, 11) is 0. The summed E-state index contributed by atoms with van der Waals surface area (Å²) in [4.78, 5) is 24.1. The van der Waals surface area contributed by atoms with E-state index in [4.69, 9.17) is 4.98 Å². The Labute approximate surface area is 118 Å². The molecule has 0 amide bonds. The van der Waals surface area contributed by atoms with Crippen LogP contribution in [0.25, 0.3) is 11.5 Å². The molecule has 2 aromatic rings. The van der Waals surface area contributed by atoms with E-state index < -0.39 is 0 Å². The van der Waals surface area contributed by atoms with Gasteiger partial charge in [-0.15, -0.1) is 0 Å². The Morgan fingerprint density at radius 2 is 2.05 bits per heavy atom. The number of imidazole rings is 1. The van der Waals surface area contributed by atoms with Gasteiger partial charge in [-0.2, -0.15) is 0 Å². The number of hydrogen-bond donors (Lipinski definition) is 1. The zero-order chi connectivity index (χ0) is 14.1. The molecule has 0 saturated heterocycles. The van der Waals surface area contributed by atoms with Crippen LogP contribution in [-0.2, 0) is 12.8 Å². The second-order valence-corrected chi connectivity index (χ2v) is 5.68. The number of nitrogens with zero attached hydrogens (tertiary/aromatic N) is 3. The molecule has 0 spiro atoms. The largest absolute Gasteiger partial charge is 0.326 e. The highest BCUT2D eigenvalue weighted by Crippen LogP contribution is 2.21. The zero-order valence-corrected chi connectivity index (χ0v) is 12.0. The van der Waals surface area contributed by atoms with E-state index in [9.17, 15) is 4.79 Å². The van der Waals surface area contributed by atoms with Crippen molar-refractivity contribution in [3.63, 3.8) is 0 Å². The van der Waals surface area contributed by atoms with Crippen LogP contribution in [0.3, 0.4) is 0 Å². The minimum absolute atomic E-state index is 0.0170. The predicted octanol–water partition coefficient (Wildman–Crippen LogP) is 2.48. The van der Waals surface area contributed by atoms with E-state index in [-0.39, 0.29) is 11.6 Å². The number of aryl methyl sites for hydroxylation is 1. The fraction of sp³-hybridized carbons (Fsp3) is 0.533. The van der Waals surface area contributed by atoms with Crippen molar-refractivity contribution in [2.24, 2.45) is 0 Å². The van der Waals surface area contributed by atoms with Gasteiger partial charge in [0.05, 0.1) is 18.2 Å². The fourth-order valence-electron chi connectivity index (χ4n) is 2.80. The van der Waals surface area contributed by atoms with Crippen LogP contribution < -0.4 is 5.56 Å². The van der Waals surface area contributed by atoms with Crippen LogP contribution in [0.5, 0.6) is 0 Å². The molecule has 0 unspecified atom stereocenters. The van der Waals surface area contributed by atoms with Gasteiger partial charge in [0.1, 0.15) is 5.69 Å². The summed E-state index contributed by atoms with van der Waals surface area (Å²) in [5.74, 6) is 0.641. The molecular weight excluding hydrogens is 252 g/mol. The molecule has 0 radical (unpaired) electrons. The van der Waals surface area contributed by atoms with Gasteiger partial charge in [0.15, 0.2) is 5.82 Å². The first-order valence-electron chi connectivity index (χ1n) is 7.31. The average molecular weight is 272 g/mol. The topological polar surface area (TPSA) is 63.6 Å². The quantitative estimate of drug-likeness (QED) is 0.854. The molecule has 2 heterocycles. The van der Waals surface area contributed by atoms with Crippen LogP contribution in [0, 0.1) is 0 Å². The molecule has 0 aromatic carbocycles. The average Bonchev–Trinajstić information content (AvgIpc) is 2.78. The first-order valence-corrected chi connectivity index (χ1v) is 7.31. The van der Waals surface area contributed by atoms with Crippen molar-refractivity contribution in [2.75, 3.05) is 0 Å². The second-order valence-electron chi connectivity index (χ2n) is 5.68. The van der Waals surface area contributed by atoms with Crippen molar-refractivity contribution in [3.8, 4) is 11.5 Å². The minimum Gasteiger partial charge on any atom is -0.326 e. The number of aromatic amines is 1. The van der Waals surface area contributed by atoms with Gasteiger partial charge in [-0.05, 0) is 39.5 Å². The molecular formula is C15H20N4O. The van der Waals surface area contributed by atoms with Gasteiger partial charge < -0.3 is 9.55 Å². The SMILES string of the molecule is CC(C)n1cncc1-c1nc2c(c(=O)[nH]1)CCCCC2. The molecule has 0 atom stereocenters. The molecule has 1 aliphatic rings. The maximum Gasteiger partial charge on any atom is 0.254 e. The summed E-state index contributed by atoms with van der Waals surface area (Å²) in [5, 5.41) is 0. The molecule has 20 heavy (non-hydrogen) atoms. The number of fused-ring (bicyclic) bond motifs is 1. The molecule has 1 aliphatic carbocycles. The Bertz CT molecular complexity index is 669. The van der Waals surface area contributed by atoms with E-state index in [1.54, 1.807) is 12.5 Å². The maximum atomic E-state index is 12.3. The van der Waals surface area contributed by atoms with E-state index in [2.05, 4.69) is 23.8 Å². The molecule has 5 nitrogen and oxygen atoms in total. The lowest BCUT2D eigenvalue weighted by atomic mass is 10.1. The molecule has 3 rings (SSSR count). The summed E-state index contributed by atoms with van der Waals surface area (Å²) in [6.07, 6.45) is 8.68. The van der Waals surface area contributed by atoms with E-state index in [0.29, 0.717) is 5.82 Å². The predicted molar refractivity (Wildman–Crippen MR) is 77.7 cm³/mol. The van der Waals surface area contributed by atoms with Crippen LogP contribution in [0.1, 0.15) is 50.4 Å². The highest BCUT2D eigenvalue weighted by atomic mass is 16.1. The van der Waals surface area contributed by atoms with Crippen LogP contribution >= 0.6 is 0 Å². The normalized spacial score (nSPS) is 15.2. The Morgan fingerprint density at radius 3 is 2.85 bits per heavy atom. The summed E-state index contributed by atoms with van der Waals surface area (Å²) in [6.45, 7) is 4.18. The monoisotopic (exact) mass is 272 g/mol. The van der Waals surface area contributed by atoms with Crippen molar-refractivity contribution in [1.29, 1.82) is 0 Å². The van der Waals surface area contributed by atoms with E-state index >= 15 is 0 Å². The Hall–Kier alpha value is -1.91. The Morgan fingerprint density at radius 1 is 1.25 bits per heavy atom. The summed E-state index contributed by atoms with van der Waals surface area (Å²) in [6, 6.07) is 0.289. The molecule has 106 valence electrons. The highest BCUT2D eigenvalue weighted by molar-refractivity contribution is 5.49. The van der Waals surface area contributed by atoms with Crippen LogP contribution in [-0.4, -0.2) is 19.5 Å². The zero-order valence-electron chi connectivity index (χ0n) is 12.0. The van der Waals surface area contributed by atoms with E-state index in [1.807, 2.05) is 4.57 Å².